The first-order valence-electron chi connectivity index (χ1n) is 14.2. The average molecular weight is 683 g/mol. The maximum atomic E-state index is 12.4. The second kappa shape index (κ2) is 15.1. The predicted octanol–water partition coefficient (Wildman–Crippen LogP) is 5.87. The minimum absolute atomic E-state index is 0.0622. The summed E-state index contributed by atoms with van der Waals surface area (Å²) in [6.45, 7) is 2.01. The normalized spacial score (nSPS) is 11.6. The molecule has 0 bridgehead atoms. The molecule has 0 aliphatic rings. The number of hydrogen-bond acceptors (Lipinski definition) is 11. The van der Waals surface area contributed by atoms with Crippen molar-refractivity contribution in [1.29, 1.82) is 0 Å². The van der Waals surface area contributed by atoms with Crippen LogP contribution in [-0.2, 0) is 36.4 Å². The molecule has 0 amide bonds. The van der Waals surface area contributed by atoms with Crippen LogP contribution in [0.4, 0.5) is 0 Å². The van der Waals surface area contributed by atoms with Gasteiger partial charge in [0.25, 0.3) is 0 Å². The molecule has 11 nitrogen and oxygen atoms in total. The molecule has 0 radical (unpaired) electrons. The second-order valence-corrected chi connectivity index (χ2v) is 13.2. The Hall–Kier alpha value is -5.01. The predicted molar refractivity (Wildman–Crippen MR) is 178 cm³/mol. The van der Waals surface area contributed by atoms with Crippen LogP contribution in [0.5, 0.6) is 28.7 Å². The molecule has 0 aliphatic heterocycles. The van der Waals surface area contributed by atoms with E-state index in [0.29, 0.717) is 39.3 Å². The van der Waals surface area contributed by atoms with Gasteiger partial charge in [0.1, 0.15) is 23.9 Å². The van der Waals surface area contributed by atoms with Crippen molar-refractivity contribution in [3.8, 4) is 51.0 Å². The van der Waals surface area contributed by atoms with Gasteiger partial charge in [-0.1, -0.05) is 48.5 Å². The Morgan fingerprint density at radius 2 is 1.40 bits per heavy atom. The van der Waals surface area contributed by atoms with Crippen molar-refractivity contribution < 1.29 is 48.9 Å². The summed E-state index contributed by atoms with van der Waals surface area (Å²) in [5, 5.41) is 0. The van der Waals surface area contributed by atoms with Gasteiger partial charge >= 0.3 is 26.2 Å². The zero-order valence-corrected chi connectivity index (χ0v) is 28.0. The first-order valence-corrected chi connectivity index (χ1v) is 17.8. The third kappa shape index (κ3) is 9.50. The summed E-state index contributed by atoms with van der Waals surface area (Å²) in [6, 6.07) is 22.1. The van der Waals surface area contributed by atoms with Crippen LogP contribution in [0.25, 0.3) is 28.3 Å². The minimum atomic E-state index is -3.96. The van der Waals surface area contributed by atoms with Gasteiger partial charge in [0.2, 0.25) is 0 Å². The van der Waals surface area contributed by atoms with Gasteiger partial charge in [-0.2, -0.15) is 16.8 Å². The first kappa shape index (κ1) is 34.9. The Bertz CT molecular complexity index is 1970. The van der Waals surface area contributed by atoms with Crippen LogP contribution >= 0.6 is 0 Å². The molecule has 0 saturated heterocycles. The number of benzene rings is 4. The van der Waals surface area contributed by atoms with Crippen LogP contribution in [-0.4, -0.2) is 56.1 Å². The molecular formula is C34H34O11S2. The van der Waals surface area contributed by atoms with Gasteiger partial charge in [-0.15, -0.1) is 0 Å². The molecule has 0 N–H and O–H groups in total. The summed E-state index contributed by atoms with van der Waals surface area (Å²) in [7, 11) is -4.78. The molecule has 0 aliphatic carbocycles. The van der Waals surface area contributed by atoms with E-state index in [2.05, 4.69) is 0 Å². The third-order valence-electron chi connectivity index (χ3n) is 6.50. The molecule has 4 aromatic carbocycles. The lowest BCUT2D eigenvalue weighted by Crippen LogP contribution is -2.08. The Kier molecular flexibility index (Phi) is 11.2. The fourth-order valence-corrected chi connectivity index (χ4v) is 5.58. The lowest BCUT2D eigenvalue weighted by molar-refractivity contribution is -0.137. The van der Waals surface area contributed by atoms with E-state index in [4.69, 9.17) is 27.3 Å². The number of ether oxygens (including phenoxy) is 4. The summed E-state index contributed by atoms with van der Waals surface area (Å²) >= 11 is 0. The van der Waals surface area contributed by atoms with Crippen LogP contribution in [0.3, 0.4) is 0 Å². The van der Waals surface area contributed by atoms with Gasteiger partial charge in [-0.05, 0) is 60.0 Å². The van der Waals surface area contributed by atoms with Gasteiger partial charge in [0, 0.05) is 22.8 Å². The molecule has 0 aromatic heterocycles. The van der Waals surface area contributed by atoms with E-state index in [0.717, 1.165) is 18.1 Å². The topological polar surface area (TPSA) is 141 Å². The molecular weight excluding hydrogens is 648 g/mol. The van der Waals surface area contributed by atoms with Crippen LogP contribution in [0, 0.1) is 0 Å². The van der Waals surface area contributed by atoms with Crippen molar-refractivity contribution in [1.82, 2.24) is 0 Å². The van der Waals surface area contributed by atoms with Crippen LogP contribution in [0.2, 0.25) is 0 Å². The summed E-state index contributed by atoms with van der Waals surface area (Å²) < 4.78 is 80.8. The summed E-state index contributed by atoms with van der Waals surface area (Å²) in [4.78, 5) is 12.4. The standard InChI is InChI=1S/C34H34O11S2/c1-6-42-32(35)19-17-27-33(25-14-18-29(30(20-25)45-47(5,38)39)43-22-23-10-8-7-9-11-23)31(40-2)21-28(34(27)41-3)24-12-15-26(16-13-24)44-46(4,36)37/h7-21H,6,22H2,1-5H3/b19-17+. The zero-order chi connectivity index (χ0) is 34.2. The molecule has 0 fully saturated rings. The molecule has 4 aromatic rings. The number of esters is 1. The molecule has 248 valence electrons. The number of hydrogen-bond donors (Lipinski definition) is 0. The fraction of sp³-hybridized carbons (Fsp3) is 0.206. The number of carbonyl (C=O) groups is 1. The molecule has 0 saturated carbocycles. The van der Waals surface area contributed by atoms with Crippen molar-refractivity contribution in [3.63, 3.8) is 0 Å². The second-order valence-electron chi connectivity index (χ2n) is 10.1. The lowest BCUT2D eigenvalue weighted by Gasteiger charge is -2.21. The quantitative estimate of drug-likeness (QED) is 0.0896. The van der Waals surface area contributed by atoms with Crippen molar-refractivity contribution in [2.24, 2.45) is 0 Å². The number of rotatable bonds is 14. The van der Waals surface area contributed by atoms with Crippen LogP contribution in [0.1, 0.15) is 18.1 Å². The monoisotopic (exact) mass is 682 g/mol. The van der Waals surface area contributed by atoms with Crippen LogP contribution in [0.15, 0.2) is 84.9 Å². The Labute approximate surface area is 274 Å². The van der Waals surface area contributed by atoms with E-state index >= 15 is 0 Å². The molecule has 47 heavy (non-hydrogen) atoms. The molecule has 4 rings (SSSR count). The fourth-order valence-electron chi connectivity index (χ4n) is 4.67. The summed E-state index contributed by atoms with van der Waals surface area (Å²) in [6.07, 6.45) is 4.63. The highest BCUT2D eigenvalue weighted by Gasteiger charge is 2.23. The maximum absolute atomic E-state index is 12.4. The van der Waals surface area contributed by atoms with Gasteiger partial charge in [-0.3, -0.25) is 0 Å². The van der Waals surface area contributed by atoms with Crippen molar-refractivity contribution in [2.45, 2.75) is 13.5 Å². The summed E-state index contributed by atoms with van der Waals surface area (Å²) in [5.74, 6) is 0.308. The molecule has 0 heterocycles. The highest BCUT2D eigenvalue weighted by Crippen LogP contribution is 2.47. The molecule has 0 spiro atoms. The average Bonchev–Trinajstić information content (AvgIpc) is 3.02. The van der Waals surface area contributed by atoms with E-state index < -0.39 is 26.2 Å². The third-order valence-corrected chi connectivity index (χ3v) is 7.48. The highest BCUT2D eigenvalue weighted by molar-refractivity contribution is 7.86. The Morgan fingerprint density at radius 1 is 0.745 bits per heavy atom. The number of carbonyl (C=O) groups excluding carboxylic acids is 1. The van der Waals surface area contributed by atoms with E-state index in [1.54, 1.807) is 37.3 Å². The SMILES string of the molecule is CCOC(=O)/C=C/c1c(OC)c(-c2ccc(OS(C)(=O)=O)cc2)cc(OC)c1-c1ccc(OCc2ccccc2)c(OS(C)(=O)=O)c1. The summed E-state index contributed by atoms with van der Waals surface area (Å²) in [5.41, 5.74) is 3.32. The smallest absolute Gasteiger partial charge is 0.330 e. The first-order chi connectivity index (χ1) is 22.3. The van der Waals surface area contributed by atoms with Gasteiger partial charge in [0.15, 0.2) is 11.5 Å². The van der Waals surface area contributed by atoms with Gasteiger partial charge < -0.3 is 27.3 Å². The van der Waals surface area contributed by atoms with Crippen molar-refractivity contribution in [3.05, 3.63) is 96.1 Å². The van der Waals surface area contributed by atoms with Gasteiger partial charge in [0.05, 0.1) is 33.3 Å². The van der Waals surface area contributed by atoms with E-state index in [1.807, 2.05) is 30.3 Å². The highest BCUT2D eigenvalue weighted by atomic mass is 32.2. The largest absolute Gasteiger partial charge is 0.496 e. The van der Waals surface area contributed by atoms with E-state index in [9.17, 15) is 21.6 Å². The zero-order valence-electron chi connectivity index (χ0n) is 26.4. The van der Waals surface area contributed by atoms with Crippen molar-refractivity contribution >= 4 is 32.3 Å². The minimum Gasteiger partial charge on any atom is -0.496 e. The van der Waals surface area contributed by atoms with Crippen LogP contribution < -0.4 is 22.6 Å². The number of methoxy groups -OCH3 is 2. The van der Waals surface area contributed by atoms with E-state index in [-0.39, 0.29) is 30.5 Å². The van der Waals surface area contributed by atoms with E-state index in [1.165, 1.54) is 44.6 Å². The maximum Gasteiger partial charge on any atom is 0.330 e. The lowest BCUT2D eigenvalue weighted by atomic mass is 9.91. The molecule has 0 atom stereocenters. The van der Waals surface area contributed by atoms with Gasteiger partial charge in [-0.25, -0.2) is 4.79 Å². The molecule has 13 heteroatoms. The Balaban J connectivity index is 1.92. The van der Waals surface area contributed by atoms with Crippen molar-refractivity contribution in [2.75, 3.05) is 33.3 Å². The molecule has 0 unspecified atom stereocenters. The Morgan fingerprint density at radius 3 is 2.00 bits per heavy atom.